The number of benzene rings is 1. The van der Waals surface area contributed by atoms with Crippen molar-refractivity contribution in [1.82, 2.24) is 5.32 Å². The highest BCUT2D eigenvalue weighted by molar-refractivity contribution is 5.48. The predicted molar refractivity (Wildman–Crippen MR) is 77.9 cm³/mol. The maximum atomic E-state index is 11.0. The van der Waals surface area contributed by atoms with Crippen LogP contribution in [0.4, 0.5) is 5.69 Å². The Labute approximate surface area is 123 Å². The van der Waals surface area contributed by atoms with E-state index in [0.29, 0.717) is 31.4 Å². The second-order valence-corrected chi connectivity index (χ2v) is 5.18. The molecule has 0 unspecified atom stereocenters. The lowest BCUT2D eigenvalue weighted by Gasteiger charge is -2.09. The van der Waals surface area contributed by atoms with Crippen molar-refractivity contribution in [2.24, 2.45) is 0 Å². The van der Waals surface area contributed by atoms with Crippen molar-refractivity contribution in [1.29, 1.82) is 5.26 Å². The minimum Gasteiger partial charge on any atom is -0.487 e. The van der Waals surface area contributed by atoms with Crippen LogP contribution < -0.4 is 10.1 Å². The monoisotopic (exact) mass is 289 g/mol. The van der Waals surface area contributed by atoms with Crippen LogP contribution in [-0.2, 0) is 6.54 Å². The summed E-state index contributed by atoms with van der Waals surface area (Å²) in [6.07, 6.45) is 4.35. The van der Waals surface area contributed by atoms with Gasteiger partial charge in [0.2, 0.25) is 0 Å². The van der Waals surface area contributed by atoms with E-state index >= 15 is 0 Å². The molecule has 0 aliphatic heterocycles. The van der Waals surface area contributed by atoms with Gasteiger partial charge in [0.25, 0.3) is 0 Å². The summed E-state index contributed by atoms with van der Waals surface area (Å²) in [5.41, 5.74) is 0.977. The molecule has 6 nitrogen and oxygen atoms in total. The van der Waals surface area contributed by atoms with Gasteiger partial charge in [0.15, 0.2) is 5.75 Å². The van der Waals surface area contributed by atoms with Gasteiger partial charge in [-0.05, 0) is 37.3 Å². The van der Waals surface area contributed by atoms with Gasteiger partial charge in [-0.15, -0.1) is 0 Å². The van der Waals surface area contributed by atoms with Crippen molar-refractivity contribution in [3.8, 4) is 11.8 Å². The molecule has 0 bridgehead atoms. The molecular formula is C15H19N3O3. The van der Waals surface area contributed by atoms with E-state index in [-0.39, 0.29) is 5.69 Å². The van der Waals surface area contributed by atoms with Gasteiger partial charge in [-0.2, -0.15) is 5.26 Å². The van der Waals surface area contributed by atoms with Crippen molar-refractivity contribution >= 4 is 5.69 Å². The van der Waals surface area contributed by atoms with Crippen LogP contribution in [0.3, 0.4) is 0 Å². The molecule has 0 radical (unpaired) electrons. The van der Waals surface area contributed by atoms with Crippen molar-refractivity contribution < 1.29 is 9.66 Å². The quantitative estimate of drug-likeness (QED) is 0.429. The molecule has 0 aromatic heterocycles. The van der Waals surface area contributed by atoms with Crippen LogP contribution in [0.15, 0.2) is 18.2 Å². The third-order valence-corrected chi connectivity index (χ3v) is 3.33. The van der Waals surface area contributed by atoms with Crippen LogP contribution >= 0.6 is 0 Å². The summed E-state index contributed by atoms with van der Waals surface area (Å²) in [7, 11) is 0. The standard InChI is InChI=1S/C15H19N3O3/c16-8-2-1-3-9-21-15-10-12(11-17-13-5-6-13)4-7-14(15)18(19)20/h4,7,10,13,17H,1-3,5-6,9,11H2. The summed E-state index contributed by atoms with van der Waals surface area (Å²) in [6, 6.07) is 7.65. The normalized spacial score (nSPS) is 13.7. The minimum absolute atomic E-state index is 0.00884. The molecule has 2 rings (SSSR count). The second-order valence-electron chi connectivity index (χ2n) is 5.18. The first kappa shape index (κ1) is 15.3. The number of ether oxygens (including phenoxy) is 1. The Bertz CT molecular complexity index is 535. The van der Waals surface area contributed by atoms with E-state index in [9.17, 15) is 10.1 Å². The van der Waals surface area contributed by atoms with Gasteiger partial charge < -0.3 is 10.1 Å². The lowest BCUT2D eigenvalue weighted by atomic mass is 10.2. The third-order valence-electron chi connectivity index (χ3n) is 3.33. The third kappa shape index (κ3) is 5.04. The maximum Gasteiger partial charge on any atom is 0.310 e. The zero-order valence-corrected chi connectivity index (χ0v) is 11.9. The molecule has 1 N–H and O–H groups in total. The Morgan fingerprint density at radius 2 is 2.24 bits per heavy atom. The van der Waals surface area contributed by atoms with Crippen molar-refractivity contribution in [2.75, 3.05) is 6.61 Å². The largest absolute Gasteiger partial charge is 0.487 e. The van der Waals surface area contributed by atoms with Crippen LogP contribution in [-0.4, -0.2) is 17.6 Å². The highest BCUT2D eigenvalue weighted by Crippen LogP contribution is 2.29. The summed E-state index contributed by atoms with van der Waals surface area (Å²) in [6.45, 7) is 1.09. The lowest BCUT2D eigenvalue weighted by molar-refractivity contribution is -0.385. The Morgan fingerprint density at radius 3 is 2.90 bits per heavy atom. The molecule has 112 valence electrons. The van der Waals surface area contributed by atoms with E-state index in [1.807, 2.05) is 0 Å². The van der Waals surface area contributed by atoms with Crippen LogP contribution in [0.2, 0.25) is 0 Å². The number of nitro groups is 1. The fourth-order valence-corrected chi connectivity index (χ4v) is 1.97. The van der Waals surface area contributed by atoms with E-state index in [2.05, 4.69) is 11.4 Å². The van der Waals surface area contributed by atoms with Crippen molar-refractivity contribution in [2.45, 2.75) is 44.7 Å². The lowest BCUT2D eigenvalue weighted by Crippen LogP contribution is -2.15. The molecule has 0 heterocycles. The number of nitrogens with one attached hydrogen (secondary N) is 1. The van der Waals surface area contributed by atoms with Gasteiger partial charge >= 0.3 is 5.69 Å². The summed E-state index contributed by atoms with van der Waals surface area (Å²) in [5.74, 6) is 0.312. The maximum absolute atomic E-state index is 11.0. The fourth-order valence-electron chi connectivity index (χ4n) is 1.97. The fraction of sp³-hybridized carbons (Fsp3) is 0.533. The first-order chi connectivity index (χ1) is 10.2. The van der Waals surface area contributed by atoms with Gasteiger partial charge in [0, 0.05) is 25.1 Å². The first-order valence-electron chi connectivity index (χ1n) is 7.21. The van der Waals surface area contributed by atoms with Crippen LogP contribution in [0.5, 0.6) is 5.75 Å². The Morgan fingerprint density at radius 1 is 1.43 bits per heavy atom. The van der Waals surface area contributed by atoms with Gasteiger partial charge in [-0.3, -0.25) is 10.1 Å². The summed E-state index contributed by atoms with van der Waals surface area (Å²) >= 11 is 0. The molecule has 0 saturated heterocycles. The number of nitro benzene ring substituents is 1. The number of hydrogen-bond donors (Lipinski definition) is 1. The average Bonchev–Trinajstić information content (AvgIpc) is 3.29. The second kappa shape index (κ2) is 7.60. The molecular weight excluding hydrogens is 270 g/mol. The summed E-state index contributed by atoms with van der Waals surface area (Å²) < 4.78 is 5.53. The molecule has 0 amide bonds. The Balaban J connectivity index is 1.94. The molecule has 1 aliphatic carbocycles. The molecule has 0 spiro atoms. The van der Waals surface area contributed by atoms with E-state index in [4.69, 9.17) is 10.00 Å². The van der Waals surface area contributed by atoms with Crippen molar-refractivity contribution in [3.05, 3.63) is 33.9 Å². The van der Waals surface area contributed by atoms with Crippen LogP contribution in [0.1, 0.15) is 37.7 Å². The Hall–Kier alpha value is -2.13. The molecule has 0 atom stereocenters. The average molecular weight is 289 g/mol. The summed E-state index contributed by atoms with van der Waals surface area (Å²) in [4.78, 5) is 10.6. The van der Waals surface area contributed by atoms with Gasteiger partial charge in [0.1, 0.15) is 0 Å². The zero-order chi connectivity index (χ0) is 15.1. The van der Waals surface area contributed by atoms with Gasteiger partial charge in [-0.25, -0.2) is 0 Å². The SMILES string of the molecule is N#CCCCCOc1cc(CNC2CC2)ccc1[N+](=O)[O-]. The molecule has 6 heteroatoms. The molecule has 1 aromatic rings. The van der Waals surface area contributed by atoms with Crippen LogP contribution in [0, 0.1) is 21.4 Å². The highest BCUT2D eigenvalue weighted by atomic mass is 16.6. The van der Waals surface area contributed by atoms with Gasteiger partial charge in [0.05, 0.1) is 17.6 Å². The smallest absolute Gasteiger partial charge is 0.310 e. The number of hydrogen-bond acceptors (Lipinski definition) is 5. The molecule has 1 aromatic carbocycles. The van der Waals surface area contributed by atoms with Crippen LogP contribution in [0.25, 0.3) is 0 Å². The molecule has 21 heavy (non-hydrogen) atoms. The van der Waals surface area contributed by atoms with E-state index in [1.165, 1.54) is 18.9 Å². The zero-order valence-electron chi connectivity index (χ0n) is 11.9. The number of nitriles is 1. The predicted octanol–water partition coefficient (Wildman–Crippen LogP) is 2.92. The number of nitrogens with zero attached hydrogens (tertiary/aromatic N) is 2. The van der Waals surface area contributed by atoms with E-state index in [1.54, 1.807) is 12.1 Å². The highest BCUT2D eigenvalue weighted by Gasteiger charge is 2.21. The topological polar surface area (TPSA) is 88.2 Å². The molecule has 1 aliphatic rings. The minimum atomic E-state index is -0.428. The van der Waals surface area contributed by atoms with Gasteiger partial charge in [-0.1, -0.05) is 6.07 Å². The molecule has 1 saturated carbocycles. The molecule has 1 fully saturated rings. The summed E-state index contributed by atoms with van der Waals surface area (Å²) in [5, 5.41) is 22.8. The Kier molecular flexibility index (Phi) is 5.52. The number of unbranched alkanes of at least 4 members (excludes halogenated alkanes) is 2. The number of rotatable bonds is 9. The van der Waals surface area contributed by atoms with E-state index < -0.39 is 4.92 Å². The van der Waals surface area contributed by atoms with E-state index in [0.717, 1.165) is 18.4 Å². The van der Waals surface area contributed by atoms with Crippen molar-refractivity contribution in [3.63, 3.8) is 0 Å². The first-order valence-corrected chi connectivity index (χ1v) is 7.21.